The Balaban J connectivity index is 1.83. The summed E-state index contributed by atoms with van der Waals surface area (Å²) in [7, 11) is 1.87. The van der Waals surface area contributed by atoms with Gasteiger partial charge >= 0.3 is 0 Å². The molecule has 1 amide bonds. The molecule has 21 heavy (non-hydrogen) atoms. The SMILES string of the molecule is C[C@H](Sc1nncn1C)C(=O)NC[C@H](C)c1ccccc1. The van der Waals surface area contributed by atoms with Crippen LogP contribution in [0.2, 0.25) is 0 Å². The first-order chi connectivity index (χ1) is 10.1. The van der Waals surface area contributed by atoms with Gasteiger partial charge in [0.2, 0.25) is 5.91 Å². The minimum Gasteiger partial charge on any atom is -0.355 e. The lowest BCUT2D eigenvalue weighted by atomic mass is 10.0. The summed E-state index contributed by atoms with van der Waals surface area (Å²) in [6.07, 6.45) is 1.63. The minimum absolute atomic E-state index is 0.0192. The van der Waals surface area contributed by atoms with Gasteiger partial charge in [0, 0.05) is 13.6 Å². The van der Waals surface area contributed by atoms with E-state index in [9.17, 15) is 4.79 Å². The van der Waals surface area contributed by atoms with E-state index < -0.39 is 0 Å². The van der Waals surface area contributed by atoms with Crippen molar-refractivity contribution in [1.82, 2.24) is 20.1 Å². The highest BCUT2D eigenvalue weighted by atomic mass is 32.2. The van der Waals surface area contributed by atoms with Gasteiger partial charge in [-0.05, 0) is 18.4 Å². The van der Waals surface area contributed by atoms with Gasteiger partial charge in [-0.1, -0.05) is 49.0 Å². The molecular weight excluding hydrogens is 284 g/mol. The average Bonchev–Trinajstić information content (AvgIpc) is 2.90. The van der Waals surface area contributed by atoms with E-state index >= 15 is 0 Å². The molecule has 112 valence electrons. The number of carbonyl (C=O) groups is 1. The molecular formula is C15H20N4OS. The first kappa shape index (κ1) is 15.6. The summed E-state index contributed by atoms with van der Waals surface area (Å²) in [5.41, 5.74) is 1.23. The lowest BCUT2D eigenvalue weighted by Gasteiger charge is -2.15. The van der Waals surface area contributed by atoms with Crippen molar-refractivity contribution >= 4 is 17.7 Å². The van der Waals surface area contributed by atoms with Gasteiger partial charge in [0.1, 0.15) is 6.33 Å². The molecule has 0 unspecified atom stereocenters. The van der Waals surface area contributed by atoms with Crippen LogP contribution in [0.25, 0.3) is 0 Å². The number of hydrogen-bond donors (Lipinski definition) is 1. The third-order valence-electron chi connectivity index (χ3n) is 3.27. The lowest BCUT2D eigenvalue weighted by molar-refractivity contribution is -0.120. The number of carbonyl (C=O) groups excluding carboxylic acids is 1. The highest BCUT2D eigenvalue weighted by molar-refractivity contribution is 8.00. The second-order valence-electron chi connectivity index (χ2n) is 5.04. The molecule has 1 aromatic carbocycles. The van der Waals surface area contributed by atoms with Crippen LogP contribution in [0, 0.1) is 0 Å². The molecule has 0 saturated heterocycles. The van der Waals surface area contributed by atoms with Crippen LogP contribution in [-0.4, -0.2) is 32.5 Å². The zero-order valence-electron chi connectivity index (χ0n) is 12.5. The van der Waals surface area contributed by atoms with Crippen LogP contribution in [0.4, 0.5) is 0 Å². The maximum absolute atomic E-state index is 12.1. The van der Waals surface area contributed by atoms with E-state index in [0.717, 1.165) is 5.16 Å². The van der Waals surface area contributed by atoms with Crippen LogP contribution < -0.4 is 5.32 Å². The first-order valence-electron chi connectivity index (χ1n) is 6.91. The van der Waals surface area contributed by atoms with Gasteiger partial charge in [0.15, 0.2) is 5.16 Å². The number of aryl methyl sites for hydroxylation is 1. The number of rotatable bonds is 6. The summed E-state index contributed by atoms with van der Waals surface area (Å²) in [5, 5.41) is 11.3. The van der Waals surface area contributed by atoms with E-state index in [1.165, 1.54) is 17.3 Å². The summed E-state index contributed by atoms with van der Waals surface area (Å²) in [6, 6.07) is 10.2. The molecule has 1 N–H and O–H groups in total. The summed E-state index contributed by atoms with van der Waals surface area (Å²) in [4.78, 5) is 12.1. The number of nitrogens with zero attached hydrogens (tertiary/aromatic N) is 3. The molecule has 2 rings (SSSR count). The quantitative estimate of drug-likeness (QED) is 0.831. The van der Waals surface area contributed by atoms with Crippen LogP contribution in [0.5, 0.6) is 0 Å². The van der Waals surface area contributed by atoms with Gasteiger partial charge < -0.3 is 9.88 Å². The molecule has 5 nitrogen and oxygen atoms in total. The molecule has 0 bridgehead atoms. The van der Waals surface area contributed by atoms with Gasteiger partial charge in [-0.15, -0.1) is 10.2 Å². The fourth-order valence-corrected chi connectivity index (χ4v) is 2.70. The van der Waals surface area contributed by atoms with Crippen LogP contribution in [0.1, 0.15) is 25.3 Å². The Hall–Kier alpha value is -1.82. The van der Waals surface area contributed by atoms with E-state index in [2.05, 4.69) is 34.6 Å². The predicted molar refractivity (Wildman–Crippen MR) is 84.2 cm³/mol. The summed E-state index contributed by atoms with van der Waals surface area (Å²) in [5.74, 6) is 0.313. The molecule has 0 saturated carbocycles. The molecule has 2 aromatic rings. The number of aromatic nitrogens is 3. The Morgan fingerprint density at radius 1 is 1.33 bits per heavy atom. The van der Waals surface area contributed by atoms with Crippen molar-refractivity contribution in [3.8, 4) is 0 Å². The van der Waals surface area contributed by atoms with Crippen LogP contribution >= 0.6 is 11.8 Å². The molecule has 0 aliphatic heterocycles. The topological polar surface area (TPSA) is 59.8 Å². The Morgan fingerprint density at radius 2 is 2.05 bits per heavy atom. The Morgan fingerprint density at radius 3 is 2.67 bits per heavy atom. The largest absolute Gasteiger partial charge is 0.355 e. The lowest BCUT2D eigenvalue weighted by Crippen LogP contribution is -2.33. The van der Waals surface area contributed by atoms with Crippen LogP contribution in [-0.2, 0) is 11.8 Å². The van der Waals surface area contributed by atoms with Gasteiger partial charge in [0.05, 0.1) is 5.25 Å². The van der Waals surface area contributed by atoms with Gasteiger partial charge in [-0.3, -0.25) is 4.79 Å². The Kier molecular flexibility index (Phi) is 5.38. The monoisotopic (exact) mass is 304 g/mol. The fourth-order valence-electron chi connectivity index (χ4n) is 1.89. The molecule has 0 fully saturated rings. The molecule has 2 atom stereocenters. The van der Waals surface area contributed by atoms with Crippen molar-refractivity contribution in [2.75, 3.05) is 6.54 Å². The van der Waals surface area contributed by atoms with Crippen molar-refractivity contribution in [3.05, 3.63) is 42.2 Å². The number of benzene rings is 1. The summed E-state index contributed by atoms with van der Waals surface area (Å²) >= 11 is 1.41. The second kappa shape index (κ2) is 7.26. The molecule has 0 aliphatic carbocycles. The van der Waals surface area contributed by atoms with E-state index in [1.807, 2.05) is 32.2 Å². The van der Waals surface area contributed by atoms with Gasteiger partial charge in [-0.25, -0.2) is 0 Å². The normalized spacial score (nSPS) is 13.7. The molecule has 1 heterocycles. The average molecular weight is 304 g/mol. The van der Waals surface area contributed by atoms with E-state index in [0.29, 0.717) is 12.5 Å². The molecule has 0 radical (unpaired) electrons. The zero-order valence-corrected chi connectivity index (χ0v) is 13.3. The third kappa shape index (κ3) is 4.32. The number of thioether (sulfide) groups is 1. The summed E-state index contributed by atoms with van der Waals surface area (Å²) < 4.78 is 1.81. The fraction of sp³-hybridized carbons (Fsp3) is 0.400. The smallest absolute Gasteiger partial charge is 0.233 e. The number of amides is 1. The van der Waals surface area contributed by atoms with E-state index in [-0.39, 0.29) is 11.2 Å². The van der Waals surface area contributed by atoms with Crippen molar-refractivity contribution in [2.24, 2.45) is 7.05 Å². The standard InChI is InChI=1S/C15H20N4OS/c1-11(13-7-5-4-6-8-13)9-16-14(20)12(2)21-15-18-17-10-19(15)3/h4-8,10-12H,9H2,1-3H3,(H,16,20)/t11-,12-/m0/s1. The molecule has 6 heteroatoms. The molecule has 0 aliphatic rings. The van der Waals surface area contributed by atoms with Crippen molar-refractivity contribution in [3.63, 3.8) is 0 Å². The highest BCUT2D eigenvalue weighted by Crippen LogP contribution is 2.20. The van der Waals surface area contributed by atoms with E-state index in [1.54, 1.807) is 10.9 Å². The Bertz CT molecular complexity index is 584. The second-order valence-corrected chi connectivity index (χ2v) is 6.35. The maximum atomic E-state index is 12.1. The number of nitrogens with one attached hydrogen (secondary N) is 1. The van der Waals surface area contributed by atoms with Crippen molar-refractivity contribution < 1.29 is 4.79 Å². The first-order valence-corrected chi connectivity index (χ1v) is 7.79. The van der Waals surface area contributed by atoms with Crippen molar-refractivity contribution in [1.29, 1.82) is 0 Å². The summed E-state index contributed by atoms with van der Waals surface area (Å²) in [6.45, 7) is 4.62. The van der Waals surface area contributed by atoms with Crippen LogP contribution in [0.15, 0.2) is 41.8 Å². The third-order valence-corrected chi connectivity index (χ3v) is 4.42. The molecule has 0 spiro atoms. The molecule has 1 aromatic heterocycles. The maximum Gasteiger partial charge on any atom is 0.233 e. The predicted octanol–water partition coefficient (Wildman–Crippen LogP) is 2.22. The minimum atomic E-state index is -0.198. The van der Waals surface area contributed by atoms with Gasteiger partial charge in [-0.2, -0.15) is 0 Å². The zero-order chi connectivity index (χ0) is 15.2. The van der Waals surface area contributed by atoms with Gasteiger partial charge in [0.25, 0.3) is 0 Å². The highest BCUT2D eigenvalue weighted by Gasteiger charge is 2.17. The van der Waals surface area contributed by atoms with Crippen LogP contribution in [0.3, 0.4) is 0 Å². The van der Waals surface area contributed by atoms with E-state index in [4.69, 9.17) is 0 Å². The van der Waals surface area contributed by atoms with Crippen molar-refractivity contribution in [2.45, 2.75) is 30.2 Å². The number of hydrogen-bond acceptors (Lipinski definition) is 4. The Labute approximate surface area is 129 Å².